The zero-order chi connectivity index (χ0) is 14.8. The van der Waals surface area contributed by atoms with Crippen LogP contribution in [0.1, 0.15) is 12.5 Å². The first-order valence-electron chi connectivity index (χ1n) is 6.53. The molecule has 0 bridgehead atoms. The third-order valence-electron chi connectivity index (χ3n) is 3.02. The number of carbonyl (C=O) groups excluding carboxylic acids is 1. The molecule has 3 aromatic rings. The summed E-state index contributed by atoms with van der Waals surface area (Å²) >= 11 is 0. The Labute approximate surface area is 119 Å². The number of ether oxygens (including phenoxy) is 1. The molecule has 0 radical (unpaired) electrons. The molecule has 0 aliphatic heterocycles. The quantitative estimate of drug-likeness (QED) is 0.568. The normalized spacial score (nSPS) is 11.5. The summed E-state index contributed by atoms with van der Waals surface area (Å²) < 4.78 is 4.83. The van der Waals surface area contributed by atoms with E-state index in [-0.39, 0.29) is 11.7 Å². The van der Waals surface area contributed by atoms with Gasteiger partial charge in [-0.25, -0.2) is 14.6 Å². The van der Waals surface area contributed by atoms with Crippen LogP contribution in [-0.4, -0.2) is 27.5 Å². The number of nitrogens with one attached hydrogen (secondary N) is 2. The molecular weight excluding hydrogens is 270 g/mol. The molecule has 0 saturated carbocycles. The van der Waals surface area contributed by atoms with Gasteiger partial charge in [-0.05, 0) is 36.8 Å². The second-order valence-electron chi connectivity index (χ2n) is 4.50. The van der Waals surface area contributed by atoms with E-state index in [0.717, 1.165) is 16.5 Å². The summed E-state index contributed by atoms with van der Waals surface area (Å²) in [5.41, 5.74) is 2.53. The minimum Gasteiger partial charge on any atom is -0.463 e. The van der Waals surface area contributed by atoms with Crippen LogP contribution in [0.25, 0.3) is 28.1 Å². The maximum absolute atomic E-state index is 11.3. The van der Waals surface area contributed by atoms with Crippen molar-refractivity contribution < 1.29 is 9.53 Å². The molecule has 2 heterocycles. The molecule has 6 heteroatoms. The molecular formula is C15H13N3O3. The lowest BCUT2D eigenvalue weighted by Crippen LogP contribution is -1.99. The zero-order valence-corrected chi connectivity index (χ0v) is 11.3. The lowest BCUT2D eigenvalue weighted by molar-refractivity contribution is -0.137. The highest BCUT2D eigenvalue weighted by molar-refractivity contribution is 5.92. The summed E-state index contributed by atoms with van der Waals surface area (Å²) in [4.78, 5) is 32.2. The molecule has 106 valence electrons. The van der Waals surface area contributed by atoms with Gasteiger partial charge in [0.05, 0.1) is 17.6 Å². The Morgan fingerprint density at radius 1 is 1.33 bits per heavy atom. The molecule has 6 nitrogen and oxygen atoms in total. The molecule has 2 N–H and O–H groups in total. The first-order chi connectivity index (χ1) is 10.2. The molecule has 1 aromatic carbocycles. The maximum atomic E-state index is 11.3. The second kappa shape index (κ2) is 5.24. The van der Waals surface area contributed by atoms with Gasteiger partial charge in [0.2, 0.25) is 0 Å². The lowest BCUT2D eigenvalue weighted by Gasteiger charge is -2.00. The number of imidazole rings is 1. The van der Waals surface area contributed by atoms with Gasteiger partial charge in [0.25, 0.3) is 0 Å². The van der Waals surface area contributed by atoms with E-state index in [2.05, 4.69) is 15.0 Å². The Kier molecular flexibility index (Phi) is 3.27. The van der Waals surface area contributed by atoms with Crippen LogP contribution in [0.4, 0.5) is 0 Å². The predicted octanol–water partition coefficient (Wildman–Crippen LogP) is 1.98. The fraction of sp³-hybridized carbons (Fsp3) is 0.133. The fourth-order valence-electron chi connectivity index (χ4n) is 2.10. The number of aromatic nitrogens is 3. The molecule has 21 heavy (non-hydrogen) atoms. The summed E-state index contributed by atoms with van der Waals surface area (Å²) in [6.07, 6.45) is 3.07. The Bertz CT molecular complexity index is 905. The number of rotatable bonds is 3. The van der Waals surface area contributed by atoms with E-state index in [1.54, 1.807) is 13.0 Å². The predicted molar refractivity (Wildman–Crippen MR) is 79.9 cm³/mol. The molecule has 0 saturated heterocycles. The van der Waals surface area contributed by atoms with Crippen molar-refractivity contribution in [3.8, 4) is 0 Å². The molecule has 0 atom stereocenters. The van der Waals surface area contributed by atoms with Crippen molar-refractivity contribution in [1.82, 2.24) is 15.0 Å². The van der Waals surface area contributed by atoms with Crippen LogP contribution < -0.4 is 5.69 Å². The highest BCUT2D eigenvalue weighted by Crippen LogP contribution is 2.18. The van der Waals surface area contributed by atoms with E-state index in [1.165, 1.54) is 6.08 Å². The average Bonchev–Trinajstić information content (AvgIpc) is 2.81. The second-order valence-corrected chi connectivity index (χ2v) is 4.50. The molecule has 3 rings (SSSR count). The average molecular weight is 283 g/mol. The van der Waals surface area contributed by atoms with Crippen molar-refractivity contribution >= 4 is 34.1 Å². The van der Waals surface area contributed by atoms with Crippen LogP contribution in [0.5, 0.6) is 0 Å². The molecule has 0 aliphatic carbocycles. The van der Waals surface area contributed by atoms with E-state index >= 15 is 0 Å². The van der Waals surface area contributed by atoms with Gasteiger partial charge in [-0.15, -0.1) is 0 Å². The van der Waals surface area contributed by atoms with Crippen LogP contribution in [0, 0.1) is 0 Å². The number of pyridine rings is 1. The number of nitrogens with zero attached hydrogens (tertiary/aromatic N) is 1. The van der Waals surface area contributed by atoms with Crippen molar-refractivity contribution in [1.29, 1.82) is 0 Å². The van der Waals surface area contributed by atoms with Crippen molar-refractivity contribution in [2.45, 2.75) is 6.92 Å². The van der Waals surface area contributed by atoms with Crippen LogP contribution in [0.2, 0.25) is 0 Å². The number of fused-ring (bicyclic) bond motifs is 2. The molecule has 0 fully saturated rings. The Morgan fingerprint density at radius 2 is 2.19 bits per heavy atom. The monoisotopic (exact) mass is 283 g/mol. The number of esters is 1. The minimum absolute atomic E-state index is 0.282. The van der Waals surface area contributed by atoms with E-state index in [9.17, 15) is 9.59 Å². The Hall–Kier alpha value is -2.89. The first-order valence-corrected chi connectivity index (χ1v) is 6.53. The van der Waals surface area contributed by atoms with Gasteiger partial charge in [0.1, 0.15) is 0 Å². The van der Waals surface area contributed by atoms with Crippen molar-refractivity contribution in [3.63, 3.8) is 0 Å². The number of hydrogen-bond acceptors (Lipinski definition) is 4. The smallest absolute Gasteiger partial charge is 0.330 e. The maximum Gasteiger partial charge on any atom is 0.330 e. The van der Waals surface area contributed by atoms with Gasteiger partial charge in [0.15, 0.2) is 5.65 Å². The first kappa shape index (κ1) is 13.1. The van der Waals surface area contributed by atoms with Gasteiger partial charge in [-0.3, -0.25) is 4.98 Å². The summed E-state index contributed by atoms with van der Waals surface area (Å²) in [7, 11) is 0. The van der Waals surface area contributed by atoms with E-state index in [4.69, 9.17) is 4.74 Å². The van der Waals surface area contributed by atoms with Crippen molar-refractivity contribution in [2.75, 3.05) is 6.61 Å². The topological polar surface area (TPSA) is 87.8 Å². The molecule has 0 unspecified atom stereocenters. The Morgan fingerprint density at radius 3 is 3.00 bits per heavy atom. The Balaban J connectivity index is 2.00. The van der Waals surface area contributed by atoms with E-state index < -0.39 is 0 Å². The zero-order valence-electron chi connectivity index (χ0n) is 11.3. The van der Waals surface area contributed by atoms with Crippen LogP contribution in [0.15, 0.2) is 35.1 Å². The largest absolute Gasteiger partial charge is 0.463 e. The van der Waals surface area contributed by atoms with Crippen molar-refractivity contribution in [3.05, 3.63) is 46.4 Å². The highest BCUT2D eigenvalue weighted by atomic mass is 16.5. The highest BCUT2D eigenvalue weighted by Gasteiger charge is 2.03. The van der Waals surface area contributed by atoms with Crippen LogP contribution >= 0.6 is 0 Å². The minimum atomic E-state index is -0.374. The fourth-order valence-corrected chi connectivity index (χ4v) is 2.10. The molecule has 0 amide bonds. The van der Waals surface area contributed by atoms with Gasteiger partial charge in [-0.1, -0.05) is 6.07 Å². The lowest BCUT2D eigenvalue weighted by atomic mass is 10.1. The standard InChI is InChI=1S/C15H13N3O3/c1-2-21-13(19)6-4-9-3-5-11-10(7-9)8-12-14(16-11)18-15(20)17-12/h3-8H,2H2,1H3,(H2,16,17,18,20)/b6-4+. The van der Waals surface area contributed by atoms with E-state index in [0.29, 0.717) is 17.8 Å². The molecule has 0 aliphatic rings. The van der Waals surface area contributed by atoms with Crippen LogP contribution in [0.3, 0.4) is 0 Å². The van der Waals surface area contributed by atoms with Gasteiger partial charge in [0, 0.05) is 11.5 Å². The van der Waals surface area contributed by atoms with Crippen molar-refractivity contribution in [2.24, 2.45) is 0 Å². The molecule has 2 aromatic heterocycles. The summed E-state index contributed by atoms with van der Waals surface area (Å²) in [5, 5.41) is 0.878. The number of H-pyrrole nitrogens is 2. The SMILES string of the molecule is CCOC(=O)/C=C/c1ccc2nc3[nH]c(=O)[nH]c3cc2c1. The number of carbonyl (C=O) groups is 1. The van der Waals surface area contributed by atoms with Crippen LogP contribution in [-0.2, 0) is 9.53 Å². The number of benzene rings is 1. The van der Waals surface area contributed by atoms with E-state index in [1.807, 2.05) is 24.3 Å². The number of aromatic amines is 2. The summed E-state index contributed by atoms with van der Waals surface area (Å²) in [6, 6.07) is 7.42. The van der Waals surface area contributed by atoms with Gasteiger partial charge >= 0.3 is 11.7 Å². The number of hydrogen-bond donors (Lipinski definition) is 2. The third-order valence-corrected chi connectivity index (χ3v) is 3.02. The van der Waals surface area contributed by atoms with Gasteiger partial charge in [-0.2, -0.15) is 0 Å². The third kappa shape index (κ3) is 2.69. The summed E-state index contributed by atoms with van der Waals surface area (Å²) in [5.74, 6) is -0.374. The summed E-state index contributed by atoms with van der Waals surface area (Å²) in [6.45, 7) is 2.11. The van der Waals surface area contributed by atoms with Gasteiger partial charge < -0.3 is 9.72 Å². The molecule has 0 spiro atoms.